The molecule has 40 heavy (non-hydrogen) atoms. The zero-order valence-electron chi connectivity index (χ0n) is 26.3. The van der Waals surface area contributed by atoms with Crippen molar-refractivity contribution in [2.45, 2.75) is 144 Å². The molecule has 0 fully saturated rings. The summed E-state index contributed by atoms with van der Waals surface area (Å²) in [7, 11) is 0. The lowest BCUT2D eigenvalue weighted by Crippen LogP contribution is -2.30. The van der Waals surface area contributed by atoms with Crippen molar-refractivity contribution in [3.8, 4) is 0 Å². The van der Waals surface area contributed by atoms with Gasteiger partial charge in [-0.25, -0.2) is 0 Å². The quantitative estimate of drug-likeness (QED) is 0.138. The number of Topliss-reactive ketones (excluding diaryl/α,β-unsaturated/α-hetero) is 2. The van der Waals surface area contributed by atoms with Crippen LogP contribution in [0.4, 0.5) is 0 Å². The predicted molar refractivity (Wildman–Crippen MR) is 167 cm³/mol. The maximum Gasteiger partial charge on any atom is 0.168 e. The lowest BCUT2D eigenvalue weighted by atomic mass is 9.75. The van der Waals surface area contributed by atoms with Crippen molar-refractivity contribution in [1.29, 1.82) is 0 Å². The molecule has 0 atom stereocenters. The predicted octanol–water partition coefficient (Wildman–Crippen LogP) is 8.99. The molecule has 6 heteroatoms. The molecule has 0 bridgehead atoms. The summed E-state index contributed by atoms with van der Waals surface area (Å²) >= 11 is 0. The number of aliphatic hydroxyl groups is 2. The van der Waals surface area contributed by atoms with Crippen LogP contribution in [0.5, 0.6) is 0 Å². The van der Waals surface area contributed by atoms with Crippen LogP contribution in [0.3, 0.4) is 0 Å². The Kier molecular flexibility index (Phi) is 13.8. The number of aliphatic imine (C=N–C) groups is 2. The fraction of sp³-hybridized carbons (Fsp3) is 0.765. The molecule has 0 amide bonds. The summed E-state index contributed by atoms with van der Waals surface area (Å²) in [5, 5.41) is 21.7. The van der Waals surface area contributed by atoms with Gasteiger partial charge in [0.15, 0.2) is 11.6 Å². The summed E-state index contributed by atoms with van der Waals surface area (Å²) in [4.78, 5) is 35.8. The second kappa shape index (κ2) is 16.3. The molecule has 2 aliphatic carbocycles. The highest BCUT2D eigenvalue weighted by atomic mass is 16.3. The standard InChI is InChI=1S/C34H56N2O4/c1-7-9-11-15-19-35-25(31-27(37)21-33(3,4)22-28(31)38)17-13-14-18-26(36-20-16-12-10-8-2)32-29(39)23-34(5,6)24-30(32)40/h37,39H,7-24H2,1-6H3. The van der Waals surface area contributed by atoms with Crippen LogP contribution in [0.1, 0.15) is 144 Å². The number of nitrogens with zero attached hydrogens (tertiary/aromatic N) is 2. The Hall–Kier alpha value is -2.24. The normalized spacial score (nSPS) is 20.1. The van der Waals surface area contributed by atoms with Gasteiger partial charge >= 0.3 is 0 Å². The van der Waals surface area contributed by atoms with Crippen molar-refractivity contribution in [1.82, 2.24) is 0 Å². The fourth-order valence-electron chi connectivity index (χ4n) is 5.89. The van der Waals surface area contributed by atoms with Crippen LogP contribution < -0.4 is 0 Å². The van der Waals surface area contributed by atoms with Crippen molar-refractivity contribution in [2.75, 3.05) is 13.1 Å². The minimum absolute atomic E-state index is 0.0131. The molecule has 2 N–H and O–H groups in total. The minimum atomic E-state index is -0.240. The first-order chi connectivity index (χ1) is 18.9. The number of hydrogen-bond donors (Lipinski definition) is 2. The lowest BCUT2D eigenvalue weighted by Gasteiger charge is -2.30. The average Bonchev–Trinajstić information content (AvgIpc) is 2.83. The maximum atomic E-state index is 13.1. The second-order valence-corrected chi connectivity index (χ2v) is 13.5. The van der Waals surface area contributed by atoms with Crippen molar-refractivity contribution >= 4 is 23.0 Å². The summed E-state index contributed by atoms with van der Waals surface area (Å²) in [5.74, 6) is 0.323. The second-order valence-electron chi connectivity index (χ2n) is 13.5. The number of rotatable bonds is 17. The molecule has 0 saturated carbocycles. The molecule has 0 aliphatic heterocycles. The van der Waals surface area contributed by atoms with Crippen LogP contribution in [0.15, 0.2) is 32.6 Å². The first-order valence-corrected chi connectivity index (χ1v) is 15.9. The smallest absolute Gasteiger partial charge is 0.168 e. The Morgan fingerprint density at radius 2 is 0.975 bits per heavy atom. The molecule has 6 nitrogen and oxygen atoms in total. The molecule has 0 aromatic carbocycles. The van der Waals surface area contributed by atoms with Gasteiger partial charge in [-0.3, -0.25) is 19.6 Å². The van der Waals surface area contributed by atoms with Gasteiger partial charge in [-0.05, 0) is 49.4 Å². The Bertz CT molecular complexity index is 917. The molecule has 0 saturated heterocycles. The summed E-state index contributed by atoms with van der Waals surface area (Å²) in [6.07, 6.45) is 13.4. The van der Waals surface area contributed by atoms with Gasteiger partial charge in [0.1, 0.15) is 11.5 Å². The van der Waals surface area contributed by atoms with E-state index in [9.17, 15) is 19.8 Å². The zero-order chi connectivity index (χ0) is 29.8. The average molecular weight is 557 g/mol. The first kappa shape index (κ1) is 34.0. The number of aliphatic hydroxyl groups excluding tert-OH is 2. The molecule has 0 aromatic rings. The summed E-state index contributed by atoms with van der Waals surface area (Å²) in [5.41, 5.74) is 1.84. The first-order valence-electron chi connectivity index (χ1n) is 15.9. The van der Waals surface area contributed by atoms with Gasteiger partial charge in [-0.2, -0.15) is 0 Å². The van der Waals surface area contributed by atoms with E-state index in [1.807, 2.05) is 27.7 Å². The lowest BCUT2D eigenvalue weighted by molar-refractivity contribution is -0.118. The third-order valence-electron chi connectivity index (χ3n) is 7.99. The van der Waals surface area contributed by atoms with Crippen LogP contribution in [-0.4, -0.2) is 46.3 Å². The van der Waals surface area contributed by atoms with E-state index in [-0.39, 0.29) is 33.9 Å². The van der Waals surface area contributed by atoms with Gasteiger partial charge < -0.3 is 10.2 Å². The Morgan fingerprint density at radius 3 is 1.30 bits per heavy atom. The molecule has 226 valence electrons. The fourth-order valence-corrected chi connectivity index (χ4v) is 5.89. The zero-order valence-corrected chi connectivity index (χ0v) is 26.3. The van der Waals surface area contributed by atoms with E-state index in [0.29, 0.717) is 62.8 Å². The Balaban J connectivity index is 2.16. The van der Waals surface area contributed by atoms with Gasteiger partial charge in [0.2, 0.25) is 0 Å². The van der Waals surface area contributed by atoms with E-state index in [0.717, 1.165) is 62.8 Å². The van der Waals surface area contributed by atoms with Crippen LogP contribution >= 0.6 is 0 Å². The number of carbonyl (C=O) groups excluding carboxylic acids is 2. The van der Waals surface area contributed by atoms with E-state index in [2.05, 4.69) is 13.8 Å². The Labute approximate surface area is 243 Å². The van der Waals surface area contributed by atoms with Crippen LogP contribution in [0.2, 0.25) is 0 Å². The van der Waals surface area contributed by atoms with Gasteiger partial charge in [0, 0.05) is 50.2 Å². The van der Waals surface area contributed by atoms with E-state index in [4.69, 9.17) is 9.98 Å². The highest BCUT2D eigenvalue weighted by Crippen LogP contribution is 2.38. The van der Waals surface area contributed by atoms with Gasteiger partial charge in [-0.15, -0.1) is 0 Å². The highest BCUT2D eigenvalue weighted by molar-refractivity contribution is 6.24. The molecule has 0 radical (unpaired) electrons. The number of carbonyl (C=O) groups is 2. The maximum absolute atomic E-state index is 13.1. The number of hydrogen-bond acceptors (Lipinski definition) is 6. The van der Waals surface area contributed by atoms with Crippen LogP contribution in [0.25, 0.3) is 0 Å². The largest absolute Gasteiger partial charge is 0.511 e. The summed E-state index contributed by atoms with van der Waals surface area (Å²) in [6, 6.07) is 0. The highest BCUT2D eigenvalue weighted by Gasteiger charge is 2.36. The van der Waals surface area contributed by atoms with Gasteiger partial charge in [0.05, 0.1) is 11.1 Å². The number of unbranched alkanes of at least 4 members (excludes halogenated alkanes) is 7. The van der Waals surface area contributed by atoms with Crippen LogP contribution in [0, 0.1) is 10.8 Å². The Morgan fingerprint density at radius 1 is 0.600 bits per heavy atom. The molecule has 0 aromatic heterocycles. The number of allylic oxidation sites excluding steroid dienone is 4. The summed E-state index contributed by atoms with van der Waals surface area (Å²) < 4.78 is 0. The monoisotopic (exact) mass is 556 g/mol. The van der Waals surface area contributed by atoms with Crippen molar-refractivity contribution in [3.63, 3.8) is 0 Å². The molecule has 0 unspecified atom stereocenters. The summed E-state index contributed by atoms with van der Waals surface area (Å²) in [6.45, 7) is 13.7. The van der Waals surface area contributed by atoms with Crippen molar-refractivity contribution < 1.29 is 19.8 Å². The van der Waals surface area contributed by atoms with Crippen molar-refractivity contribution in [3.05, 3.63) is 22.7 Å². The minimum Gasteiger partial charge on any atom is -0.511 e. The number of ketones is 2. The van der Waals surface area contributed by atoms with Crippen molar-refractivity contribution in [2.24, 2.45) is 20.8 Å². The topological polar surface area (TPSA) is 99.3 Å². The molecule has 2 aliphatic rings. The molecule has 0 heterocycles. The third kappa shape index (κ3) is 11.0. The molecular weight excluding hydrogens is 500 g/mol. The van der Waals surface area contributed by atoms with E-state index >= 15 is 0 Å². The molecule has 0 spiro atoms. The van der Waals surface area contributed by atoms with E-state index in [1.165, 1.54) is 12.8 Å². The van der Waals surface area contributed by atoms with E-state index in [1.54, 1.807) is 0 Å². The van der Waals surface area contributed by atoms with Gasteiger partial charge in [-0.1, -0.05) is 80.1 Å². The molecule has 2 rings (SSSR count). The third-order valence-corrected chi connectivity index (χ3v) is 7.99. The van der Waals surface area contributed by atoms with E-state index < -0.39 is 0 Å². The SMILES string of the molecule is CCCCCCN=C(CCCCC(=NCCCCCC)C1=C(O)CC(C)(C)CC1=O)C1=C(O)CC(C)(C)CC1=O. The van der Waals surface area contributed by atoms with Crippen LogP contribution in [-0.2, 0) is 9.59 Å². The van der Waals surface area contributed by atoms with Gasteiger partial charge in [0.25, 0.3) is 0 Å². The molecular formula is C34H56N2O4.